The van der Waals surface area contributed by atoms with E-state index in [2.05, 4.69) is 5.32 Å². The Morgan fingerprint density at radius 2 is 2.05 bits per heavy atom. The number of benzene rings is 1. The van der Waals surface area contributed by atoms with E-state index in [1.54, 1.807) is 7.11 Å². The third kappa shape index (κ3) is 2.52. The summed E-state index contributed by atoms with van der Waals surface area (Å²) in [6.45, 7) is 0. The maximum absolute atomic E-state index is 12.4. The first-order chi connectivity index (χ1) is 9.28. The Labute approximate surface area is 114 Å². The number of carbonyl (C=O) groups is 1. The van der Waals surface area contributed by atoms with Crippen molar-refractivity contribution in [1.29, 1.82) is 0 Å². The van der Waals surface area contributed by atoms with Crippen LogP contribution < -0.4 is 5.32 Å². The highest BCUT2D eigenvalue weighted by atomic mass is 16.5. The summed E-state index contributed by atoms with van der Waals surface area (Å²) in [5.41, 5.74) is 0.922. The molecule has 0 saturated heterocycles. The van der Waals surface area contributed by atoms with Crippen LogP contribution in [0.25, 0.3) is 0 Å². The Morgan fingerprint density at radius 1 is 1.26 bits per heavy atom. The number of hydrogen-bond donors (Lipinski definition) is 1. The zero-order chi connectivity index (χ0) is 13.2. The van der Waals surface area contributed by atoms with Crippen LogP contribution in [0, 0.1) is 11.8 Å². The summed E-state index contributed by atoms with van der Waals surface area (Å²) >= 11 is 0. The highest BCUT2D eigenvalue weighted by Gasteiger charge is 2.40. The molecule has 0 aliphatic heterocycles. The van der Waals surface area contributed by atoms with Gasteiger partial charge < -0.3 is 10.1 Å². The normalized spacial score (nSPS) is 30.3. The molecule has 3 heteroatoms. The van der Waals surface area contributed by atoms with Gasteiger partial charge in [0.25, 0.3) is 5.91 Å². The fourth-order valence-electron chi connectivity index (χ4n) is 3.70. The van der Waals surface area contributed by atoms with E-state index in [9.17, 15) is 4.79 Å². The van der Waals surface area contributed by atoms with Gasteiger partial charge in [-0.1, -0.05) is 36.8 Å². The van der Waals surface area contributed by atoms with Crippen LogP contribution in [-0.4, -0.2) is 19.1 Å². The summed E-state index contributed by atoms with van der Waals surface area (Å²) in [4.78, 5) is 12.4. The van der Waals surface area contributed by atoms with Crippen molar-refractivity contribution in [1.82, 2.24) is 5.32 Å². The summed E-state index contributed by atoms with van der Waals surface area (Å²) in [5, 5.41) is 3.20. The van der Waals surface area contributed by atoms with Crippen LogP contribution in [0.15, 0.2) is 30.3 Å². The SMILES string of the molecule is CO[C@@H](C(=O)N[C@@H]1C[C@H]2CC[C@H]1C2)c1ccccc1. The van der Waals surface area contributed by atoms with E-state index < -0.39 is 6.10 Å². The maximum Gasteiger partial charge on any atom is 0.253 e. The van der Waals surface area contributed by atoms with Gasteiger partial charge in [0.15, 0.2) is 6.10 Å². The topological polar surface area (TPSA) is 38.3 Å². The smallest absolute Gasteiger partial charge is 0.253 e. The molecule has 2 fully saturated rings. The van der Waals surface area contributed by atoms with Crippen molar-refractivity contribution < 1.29 is 9.53 Å². The molecule has 1 N–H and O–H groups in total. The van der Waals surface area contributed by atoms with Crippen LogP contribution in [0.3, 0.4) is 0 Å². The van der Waals surface area contributed by atoms with E-state index in [-0.39, 0.29) is 5.91 Å². The van der Waals surface area contributed by atoms with Crippen molar-refractivity contribution in [2.45, 2.75) is 37.8 Å². The summed E-state index contributed by atoms with van der Waals surface area (Å²) in [6.07, 6.45) is 4.60. The molecular formula is C16H21NO2. The van der Waals surface area contributed by atoms with E-state index in [1.165, 1.54) is 19.3 Å². The minimum atomic E-state index is -0.486. The largest absolute Gasteiger partial charge is 0.367 e. The molecule has 19 heavy (non-hydrogen) atoms. The monoisotopic (exact) mass is 259 g/mol. The molecule has 0 heterocycles. The molecule has 1 aromatic carbocycles. The fourth-order valence-corrected chi connectivity index (χ4v) is 3.70. The molecular weight excluding hydrogens is 238 g/mol. The van der Waals surface area contributed by atoms with Crippen LogP contribution in [0.1, 0.15) is 37.4 Å². The molecule has 3 rings (SSSR count). The first kappa shape index (κ1) is 12.7. The van der Waals surface area contributed by atoms with Gasteiger partial charge >= 0.3 is 0 Å². The lowest BCUT2D eigenvalue weighted by molar-refractivity contribution is -0.132. The summed E-state index contributed by atoms with van der Waals surface area (Å²) < 4.78 is 5.38. The first-order valence-corrected chi connectivity index (χ1v) is 7.16. The van der Waals surface area contributed by atoms with Gasteiger partial charge in [-0.3, -0.25) is 4.79 Å². The predicted molar refractivity (Wildman–Crippen MR) is 73.6 cm³/mol. The minimum Gasteiger partial charge on any atom is -0.367 e. The Kier molecular flexibility index (Phi) is 3.56. The lowest BCUT2D eigenvalue weighted by Crippen LogP contribution is -2.41. The van der Waals surface area contributed by atoms with Gasteiger partial charge in [0.1, 0.15) is 0 Å². The molecule has 0 radical (unpaired) electrons. The minimum absolute atomic E-state index is 0.00579. The molecule has 2 bridgehead atoms. The lowest BCUT2D eigenvalue weighted by Gasteiger charge is -2.25. The predicted octanol–water partition coefficient (Wildman–Crippen LogP) is 2.68. The van der Waals surface area contributed by atoms with Gasteiger partial charge in [-0.25, -0.2) is 0 Å². The second kappa shape index (κ2) is 5.33. The second-order valence-corrected chi connectivity index (χ2v) is 5.82. The number of amides is 1. The zero-order valence-corrected chi connectivity index (χ0v) is 11.3. The summed E-state index contributed by atoms with van der Waals surface area (Å²) in [7, 11) is 1.60. The molecule has 0 unspecified atom stereocenters. The van der Waals surface area contributed by atoms with Crippen LogP contribution in [-0.2, 0) is 9.53 Å². The Hall–Kier alpha value is -1.35. The van der Waals surface area contributed by atoms with E-state index in [0.29, 0.717) is 12.0 Å². The van der Waals surface area contributed by atoms with Crippen molar-refractivity contribution in [3.8, 4) is 0 Å². The number of hydrogen-bond acceptors (Lipinski definition) is 2. The summed E-state index contributed by atoms with van der Waals surface area (Å²) in [6, 6.07) is 10.1. The van der Waals surface area contributed by atoms with Crippen LogP contribution in [0.4, 0.5) is 0 Å². The van der Waals surface area contributed by atoms with Gasteiger partial charge in [0, 0.05) is 13.2 Å². The average molecular weight is 259 g/mol. The van der Waals surface area contributed by atoms with Crippen molar-refractivity contribution >= 4 is 5.91 Å². The molecule has 3 nitrogen and oxygen atoms in total. The van der Waals surface area contributed by atoms with Gasteiger partial charge in [-0.15, -0.1) is 0 Å². The second-order valence-electron chi connectivity index (χ2n) is 5.82. The quantitative estimate of drug-likeness (QED) is 0.902. The average Bonchev–Trinajstić information content (AvgIpc) is 3.03. The van der Waals surface area contributed by atoms with Crippen LogP contribution in [0.5, 0.6) is 0 Å². The van der Waals surface area contributed by atoms with E-state index >= 15 is 0 Å². The standard InChI is InChI=1S/C16H21NO2/c1-19-15(12-5-3-2-4-6-12)16(18)17-14-10-11-7-8-13(14)9-11/h2-6,11,13-15H,7-10H2,1H3,(H,17,18)/t11-,13-,14+,15+/m0/s1. The van der Waals surface area contributed by atoms with Gasteiger partial charge in [0.05, 0.1) is 0 Å². The molecule has 0 aromatic heterocycles. The molecule has 4 atom stereocenters. The third-order valence-corrected chi connectivity index (χ3v) is 4.64. The molecule has 102 valence electrons. The molecule has 2 aliphatic rings. The van der Waals surface area contributed by atoms with E-state index in [4.69, 9.17) is 4.74 Å². The summed E-state index contributed by atoms with van der Waals surface area (Å²) in [5.74, 6) is 1.54. The van der Waals surface area contributed by atoms with Gasteiger partial charge in [-0.2, -0.15) is 0 Å². The number of methoxy groups -OCH3 is 1. The fraction of sp³-hybridized carbons (Fsp3) is 0.562. The van der Waals surface area contributed by atoms with Crippen molar-refractivity contribution in [2.24, 2.45) is 11.8 Å². The van der Waals surface area contributed by atoms with E-state index in [1.807, 2.05) is 30.3 Å². The maximum atomic E-state index is 12.4. The highest BCUT2D eigenvalue weighted by Crippen LogP contribution is 2.44. The number of nitrogens with one attached hydrogen (secondary N) is 1. The third-order valence-electron chi connectivity index (χ3n) is 4.64. The number of carbonyl (C=O) groups excluding carboxylic acids is 1. The number of ether oxygens (including phenoxy) is 1. The van der Waals surface area contributed by atoms with Crippen molar-refractivity contribution in [2.75, 3.05) is 7.11 Å². The Bertz CT molecular complexity index is 445. The number of rotatable bonds is 4. The van der Waals surface area contributed by atoms with E-state index in [0.717, 1.165) is 17.9 Å². The van der Waals surface area contributed by atoms with Gasteiger partial charge in [0.2, 0.25) is 0 Å². The molecule has 1 aromatic rings. The highest BCUT2D eigenvalue weighted by molar-refractivity contribution is 5.82. The molecule has 0 spiro atoms. The Balaban J connectivity index is 1.65. The molecule has 1 amide bonds. The lowest BCUT2D eigenvalue weighted by atomic mass is 9.95. The number of fused-ring (bicyclic) bond motifs is 2. The molecule has 2 aliphatic carbocycles. The van der Waals surface area contributed by atoms with Crippen molar-refractivity contribution in [3.05, 3.63) is 35.9 Å². The molecule has 2 saturated carbocycles. The van der Waals surface area contributed by atoms with Crippen LogP contribution >= 0.6 is 0 Å². The zero-order valence-electron chi connectivity index (χ0n) is 11.3. The van der Waals surface area contributed by atoms with Gasteiger partial charge in [-0.05, 0) is 36.7 Å². The Morgan fingerprint density at radius 3 is 2.63 bits per heavy atom. The first-order valence-electron chi connectivity index (χ1n) is 7.16. The van der Waals surface area contributed by atoms with Crippen molar-refractivity contribution in [3.63, 3.8) is 0 Å². The van der Waals surface area contributed by atoms with Crippen LogP contribution in [0.2, 0.25) is 0 Å².